The molecule has 0 saturated heterocycles. The molecule has 2 amide bonds. The number of hydrogen-bond acceptors (Lipinski definition) is 10. The number of rotatable bonds is 20. The highest BCUT2D eigenvalue weighted by Crippen LogP contribution is 2.40. The van der Waals surface area contributed by atoms with E-state index in [0.29, 0.717) is 17.3 Å². The Labute approximate surface area is 416 Å². The number of amides is 2. The van der Waals surface area contributed by atoms with Gasteiger partial charge in [0.25, 0.3) is 0 Å². The fourth-order valence-electron chi connectivity index (χ4n) is 9.41. The van der Waals surface area contributed by atoms with Crippen LogP contribution in [-0.2, 0) is 35.2 Å². The third kappa shape index (κ3) is 12.9. The number of aromatic nitrogens is 3. The summed E-state index contributed by atoms with van der Waals surface area (Å²) in [6, 6.07) is 18.7. The van der Waals surface area contributed by atoms with E-state index in [9.17, 15) is 19.2 Å². The summed E-state index contributed by atoms with van der Waals surface area (Å²) in [4.78, 5) is 64.9. The van der Waals surface area contributed by atoms with Gasteiger partial charge < -0.3 is 25.0 Å². The first kappa shape index (κ1) is 52.5. The Morgan fingerprint density at radius 3 is 2.29 bits per heavy atom. The second-order valence-electron chi connectivity index (χ2n) is 19.2. The van der Waals surface area contributed by atoms with Crippen LogP contribution in [0.3, 0.4) is 0 Å². The number of thiazole rings is 1. The van der Waals surface area contributed by atoms with Crippen LogP contribution in [0.5, 0.6) is 0 Å². The van der Waals surface area contributed by atoms with E-state index < -0.39 is 41.3 Å². The number of ether oxygens (including phenoxy) is 2. The molecule has 1 unspecified atom stereocenters. The van der Waals surface area contributed by atoms with Crippen molar-refractivity contribution in [1.82, 2.24) is 25.4 Å². The summed E-state index contributed by atoms with van der Waals surface area (Å²) < 4.78 is 13.4. The highest BCUT2D eigenvalue weighted by Gasteiger charge is 2.48. The lowest BCUT2D eigenvalue weighted by Crippen LogP contribution is -2.53. The minimum atomic E-state index is -0.907. The maximum absolute atomic E-state index is 14.4. The average molecular weight is 977 g/mol. The molecule has 1 fully saturated rings. The minimum absolute atomic E-state index is 0.189. The van der Waals surface area contributed by atoms with Gasteiger partial charge in [-0.25, -0.2) is 9.83 Å². The van der Waals surface area contributed by atoms with Crippen LogP contribution in [0.4, 0.5) is 17.1 Å². The van der Waals surface area contributed by atoms with Crippen LogP contribution in [0.2, 0.25) is 5.02 Å². The quantitative estimate of drug-likeness (QED) is 0.0441. The molecular formula is C54H66ClN7O6S. The zero-order valence-electron chi connectivity index (χ0n) is 41.6. The average Bonchev–Trinajstić information content (AvgIpc) is 4.01. The van der Waals surface area contributed by atoms with Gasteiger partial charge in [0, 0.05) is 60.2 Å². The van der Waals surface area contributed by atoms with Gasteiger partial charge in [-0.15, -0.1) is 11.3 Å². The fourth-order valence-corrected chi connectivity index (χ4v) is 10.4. The predicted octanol–water partition coefficient (Wildman–Crippen LogP) is 11.4. The molecule has 0 bridgehead atoms. The molecule has 0 spiro atoms. The Morgan fingerprint density at radius 1 is 0.942 bits per heavy atom. The van der Waals surface area contributed by atoms with Gasteiger partial charge >= 0.3 is 5.97 Å². The van der Waals surface area contributed by atoms with E-state index in [1.54, 1.807) is 17.4 Å². The molecule has 5 atom stereocenters. The molecule has 0 radical (unpaired) electrons. The number of hydrogen-bond donors (Lipinski definition) is 2. The van der Waals surface area contributed by atoms with E-state index >= 15 is 0 Å². The molecule has 5 aromatic rings. The van der Waals surface area contributed by atoms with Gasteiger partial charge in [-0.05, 0) is 120 Å². The number of benzene rings is 3. The van der Waals surface area contributed by atoms with E-state index in [1.807, 2.05) is 83.5 Å². The van der Waals surface area contributed by atoms with Crippen molar-refractivity contribution in [3.05, 3.63) is 111 Å². The second kappa shape index (κ2) is 23.2. The van der Waals surface area contributed by atoms with Crippen LogP contribution < -0.4 is 15.5 Å². The molecule has 1 saturated carbocycles. The summed E-state index contributed by atoms with van der Waals surface area (Å²) in [5.74, 6) is -2.98. The van der Waals surface area contributed by atoms with Crippen LogP contribution in [0.25, 0.3) is 26.4 Å². The van der Waals surface area contributed by atoms with Crippen LogP contribution in [0.15, 0.2) is 66.2 Å². The van der Waals surface area contributed by atoms with Gasteiger partial charge in [0.1, 0.15) is 12.7 Å². The van der Waals surface area contributed by atoms with Crippen molar-refractivity contribution in [2.45, 2.75) is 126 Å². The number of halogens is 1. The largest absolute Gasteiger partial charge is 0.463 e. The van der Waals surface area contributed by atoms with Crippen molar-refractivity contribution in [1.29, 1.82) is 0 Å². The third-order valence-electron chi connectivity index (χ3n) is 13.0. The Bertz CT molecular complexity index is 2680. The van der Waals surface area contributed by atoms with E-state index in [2.05, 4.69) is 69.0 Å². The highest BCUT2D eigenvalue weighted by atomic mass is 35.5. The number of carbonyl (C=O) groups is 4. The van der Waals surface area contributed by atoms with E-state index in [1.165, 1.54) is 6.92 Å². The lowest BCUT2D eigenvalue weighted by atomic mass is 9.77. The molecule has 2 aromatic heterocycles. The molecular weight excluding hydrogens is 910 g/mol. The summed E-state index contributed by atoms with van der Waals surface area (Å²) in [5, 5.41) is 11.4. The molecule has 6 rings (SSSR count). The molecule has 2 N–H and O–H groups in total. The molecule has 1 aliphatic rings. The van der Waals surface area contributed by atoms with Crippen LogP contribution >= 0.6 is 22.9 Å². The van der Waals surface area contributed by atoms with E-state index in [-0.39, 0.29) is 37.2 Å². The van der Waals surface area contributed by atoms with Gasteiger partial charge in [0.15, 0.2) is 5.78 Å². The number of nitrogens with one attached hydrogen (secondary N) is 2. The SMILES string of the molecule is [C-]#[N+]c1ccc(N(CC)c2cc(-c3c(C)nn(CCCCCOCC(=O)N[C@H](C(=O)C4C[C@H](OC(C)=O)C[C@H]4C(=O)N[C@@H](C)c4ccc(-c5scnc5C)cc4)C(C)(C)C)c3C)ccc2C)cc1Cl. The third-order valence-corrected chi connectivity index (χ3v) is 14.3. The van der Waals surface area contributed by atoms with Crippen molar-refractivity contribution >= 4 is 63.6 Å². The number of anilines is 2. The summed E-state index contributed by atoms with van der Waals surface area (Å²) in [6.07, 6.45) is 2.25. The lowest BCUT2D eigenvalue weighted by molar-refractivity contribution is -0.146. The van der Waals surface area contributed by atoms with Crippen molar-refractivity contribution in [2.24, 2.45) is 17.3 Å². The maximum Gasteiger partial charge on any atom is 0.302 e. The number of unbranched alkanes of at least 4 members (excludes halogenated alkanes) is 2. The van der Waals surface area contributed by atoms with Gasteiger partial charge in [0.2, 0.25) is 17.5 Å². The number of ketones is 1. The fraction of sp³-hybridized carbons (Fsp3) is 0.463. The predicted molar refractivity (Wildman–Crippen MR) is 274 cm³/mol. The van der Waals surface area contributed by atoms with E-state index in [4.69, 9.17) is 32.7 Å². The van der Waals surface area contributed by atoms with Gasteiger partial charge in [-0.3, -0.25) is 23.9 Å². The zero-order valence-corrected chi connectivity index (χ0v) is 43.1. The lowest BCUT2D eigenvalue weighted by Gasteiger charge is -2.33. The molecule has 1 aliphatic carbocycles. The normalized spacial score (nSPS) is 16.6. The number of carbonyl (C=O) groups excluding carboxylic acids is 4. The maximum atomic E-state index is 14.4. The summed E-state index contributed by atoms with van der Waals surface area (Å²) in [5.41, 5.74) is 11.8. The number of esters is 1. The molecule has 366 valence electrons. The molecule has 69 heavy (non-hydrogen) atoms. The van der Waals surface area contributed by atoms with E-state index in [0.717, 1.165) is 93.5 Å². The number of Topliss-reactive ketones (excluding diaryl/α,β-unsaturated/α-hetero) is 1. The van der Waals surface area contributed by atoms with Crippen molar-refractivity contribution in [2.75, 3.05) is 24.7 Å². The van der Waals surface area contributed by atoms with Gasteiger partial charge in [-0.1, -0.05) is 74.8 Å². The second-order valence-corrected chi connectivity index (χ2v) is 20.4. The topological polar surface area (TPSA) is 149 Å². The molecule has 3 aromatic carbocycles. The van der Waals surface area contributed by atoms with Gasteiger partial charge in [-0.2, -0.15) is 5.10 Å². The smallest absolute Gasteiger partial charge is 0.302 e. The Hall–Kier alpha value is -5.88. The summed E-state index contributed by atoms with van der Waals surface area (Å²) >= 11 is 8.01. The van der Waals surface area contributed by atoms with Crippen molar-refractivity contribution in [3.8, 4) is 21.6 Å². The minimum Gasteiger partial charge on any atom is -0.463 e. The Kier molecular flexibility index (Phi) is 17.6. The highest BCUT2D eigenvalue weighted by molar-refractivity contribution is 7.13. The van der Waals surface area contributed by atoms with Crippen LogP contribution in [0, 0.1) is 51.5 Å². The monoisotopic (exact) mass is 975 g/mol. The summed E-state index contributed by atoms with van der Waals surface area (Å²) in [6.45, 7) is 28.1. The van der Waals surface area contributed by atoms with Crippen molar-refractivity contribution in [3.63, 3.8) is 0 Å². The first-order valence-electron chi connectivity index (χ1n) is 23.8. The first-order chi connectivity index (χ1) is 32.8. The molecule has 0 aliphatic heterocycles. The first-order valence-corrected chi connectivity index (χ1v) is 25.0. The Balaban J connectivity index is 1.00. The zero-order chi connectivity index (χ0) is 50.2. The van der Waals surface area contributed by atoms with Crippen LogP contribution in [0.1, 0.15) is 108 Å². The number of aryl methyl sites for hydroxylation is 4. The standard InChI is InChI=1S/C54H66ClN7O6S/c1-12-61(41-22-23-46(56-11)45(55)27-41)47-26-40(17-16-32(47)2)49-34(4)60-62(36(49)6)24-14-13-15-25-67-30-48(64)59-52(54(8,9)10)50(65)43-28-42(68-37(7)63)29-44(43)53(66)58-33(3)38-18-20-39(21-19-38)51-35(5)57-31-69-51/h16-23,26-27,31,33,42-44,52H,12-15,24-25,28-30H2,1-10H3,(H,58,66)(H,59,64)/t33-,42-,43?,44+,52+/m0/s1. The summed E-state index contributed by atoms with van der Waals surface area (Å²) in [7, 11) is 0. The molecule has 15 heteroatoms. The van der Waals surface area contributed by atoms with Gasteiger partial charge in [0.05, 0.1) is 46.3 Å². The number of nitrogens with zero attached hydrogens (tertiary/aromatic N) is 5. The van der Waals surface area contributed by atoms with Crippen molar-refractivity contribution < 1.29 is 28.7 Å². The molecule has 13 nitrogen and oxygen atoms in total. The molecule has 2 heterocycles. The Morgan fingerprint density at radius 2 is 1.65 bits per heavy atom. The van der Waals surface area contributed by atoms with Crippen LogP contribution in [-0.4, -0.2) is 70.2 Å².